The highest BCUT2D eigenvalue weighted by Gasteiger charge is 2.11. The summed E-state index contributed by atoms with van der Waals surface area (Å²) in [5.74, 6) is 0. The zero-order chi connectivity index (χ0) is 7.33. The molecular formula is C7H12OS. The van der Waals surface area contributed by atoms with Gasteiger partial charge < -0.3 is 0 Å². The second-order valence-corrected chi connectivity index (χ2v) is 3.80. The second kappa shape index (κ2) is 3.72. The third kappa shape index (κ3) is 4.28. The lowest BCUT2D eigenvalue weighted by atomic mass is 10.2. The lowest BCUT2D eigenvalue weighted by Crippen LogP contribution is -2.09. The van der Waals surface area contributed by atoms with Crippen molar-refractivity contribution in [3.8, 4) is 0 Å². The highest BCUT2D eigenvalue weighted by Crippen LogP contribution is 2.22. The van der Waals surface area contributed by atoms with Crippen LogP contribution in [0.15, 0.2) is 12.2 Å². The highest BCUT2D eigenvalue weighted by atomic mass is 32.2. The maximum atomic E-state index is 10.0. The first-order chi connectivity index (χ1) is 4.12. The molecule has 0 aromatic rings. The van der Waals surface area contributed by atoms with E-state index in [0.29, 0.717) is 0 Å². The molecule has 0 amide bonds. The van der Waals surface area contributed by atoms with E-state index in [9.17, 15) is 4.79 Å². The van der Waals surface area contributed by atoms with Crippen molar-refractivity contribution in [3.05, 3.63) is 12.2 Å². The van der Waals surface area contributed by atoms with Crippen molar-refractivity contribution in [2.75, 3.05) is 0 Å². The summed E-state index contributed by atoms with van der Waals surface area (Å²) in [5.41, 5.74) is 0.875. The topological polar surface area (TPSA) is 17.1 Å². The van der Waals surface area contributed by atoms with Gasteiger partial charge in [0.2, 0.25) is 0 Å². The van der Waals surface area contributed by atoms with Gasteiger partial charge in [-0.3, -0.25) is 4.79 Å². The van der Waals surface area contributed by atoms with Gasteiger partial charge in [0.25, 0.3) is 0 Å². The van der Waals surface area contributed by atoms with Crippen LogP contribution in [0.25, 0.3) is 0 Å². The standard InChI is InChI=1S/C7H12OS/c1-4-5-7(2,3)9-6-8/h4-6H,1-3H3. The largest absolute Gasteiger partial charge is 0.291 e. The van der Waals surface area contributed by atoms with Gasteiger partial charge in [-0.1, -0.05) is 23.9 Å². The van der Waals surface area contributed by atoms with Gasteiger partial charge in [-0.05, 0) is 20.8 Å². The number of hydrogen-bond acceptors (Lipinski definition) is 2. The molecule has 0 aliphatic rings. The fourth-order valence-electron chi connectivity index (χ4n) is 0.565. The molecule has 0 radical (unpaired) electrons. The van der Waals surface area contributed by atoms with Crippen LogP contribution in [0.5, 0.6) is 0 Å². The van der Waals surface area contributed by atoms with Gasteiger partial charge in [-0.2, -0.15) is 0 Å². The van der Waals surface area contributed by atoms with E-state index in [4.69, 9.17) is 0 Å². The van der Waals surface area contributed by atoms with Gasteiger partial charge in [-0.15, -0.1) is 0 Å². The molecule has 0 atom stereocenters. The van der Waals surface area contributed by atoms with Crippen molar-refractivity contribution in [2.24, 2.45) is 0 Å². The van der Waals surface area contributed by atoms with Crippen molar-refractivity contribution in [1.82, 2.24) is 0 Å². The Balaban J connectivity index is 3.84. The van der Waals surface area contributed by atoms with E-state index in [2.05, 4.69) is 0 Å². The Hall–Kier alpha value is -0.240. The van der Waals surface area contributed by atoms with E-state index >= 15 is 0 Å². The first kappa shape index (κ1) is 8.76. The van der Waals surface area contributed by atoms with Crippen LogP contribution in [0, 0.1) is 0 Å². The Labute approximate surface area is 60.5 Å². The van der Waals surface area contributed by atoms with Gasteiger partial charge in [0, 0.05) is 4.75 Å². The van der Waals surface area contributed by atoms with Crippen LogP contribution in [0.4, 0.5) is 0 Å². The van der Waals surface area contributed by atoms with Crippen molar-refractivity contribution in [2.45, 2.75) is 25.5 Å². The Morgan fingerprint density at radius 2 is 2.00 bits per heavy atom. The average Bonchev–Trinajstić information content (AvgIpc) is 1.64. The summed E-state index contributed by atoms with van der Waals surface area (Å²) in [4.78, 5) is 10.0. The van der Waals surface area contributed by atoms with Gasteiger partial charge in [0.15, 0.2) is 5.62 Å². The lowest BCUT2D eigenvalue weighted by Gasteiger charge is -2.13. The van der Waals surface area contributed by atoms with Crippen LogP contribution in [0.3, 0.4) is 0 Å². The average molecular weight is 144 g/mol. The van der Waals surface area contributed by atoms with Crippen molar-refractivity contribution in [3.63, 3.8) is 0 Å². The molecule has 0 aromatic carbocycles. The summed E-state index contributed by atoms with van der Waals surface area (Å²) in [6.45, 7) is 5.96. The minimum absolute atomic E-state index is 0.0312. The zero-order valence-electron chi connectivity index (χ0n) is 6.05. The van der Waals surface area contributed by atoms with E-state index in [1.165, 1.54) is 11.8 Å². The smallest absolute Gasteiger partial charge is 0.177 e. The molecule has 0 aliphatic carbocycles. The monoisotopic (exact) mass is 144 g/mol. The molecule has 0 N–H and O–H groups in total. The molecule has 0 aliphatic heterocycles. The number of carbonyl (C=O) groups is 1. The van der Waals surface area contributed by atoms with E-state index < -0.39 is 0 Å². The number of allylic oxidation sites excluding steroid dienone is 1. The van der Waals surface area contributed by atoms with Crippen molar-refractivity contribution >= 4 is 17.4 Å². The second-order valence-electron chi connectivity index (χ2n) is 2.32. The Morgan fingerprint density at radius 1 is 1.44 bits per heavy atom. The molecular weight excluding hydrogens is 132 g/mol. The first-order valence-corrected chi connectivity index (χ1v) is 3.75. The molecule has 1 nitrogen and oxygen atoms in total. The van der Waals surface area contributed by atoms with E-state index in [-0.39, 0.29) is 4.75 Å². The van der Waals surface area contributed by atoms with Crippen LogP contribution in [0.1, 0.15) is 20.8 Å². The summed E-state index contributed by atoms with van der Waals surface area (Å²) in [6, 6.07) is 0. The third-order valence-electron chi connectivity index (χ3n) is 0.920. The minimum Gasteiger partial charge on any atom is -0.291 e. The SMILES string of the molecule is CC=CC(C)(C)SC=O. The van der Waals surface area contributed by atoms with E-state index in [0.717, 1.165) is 5.62 Å². The summed E-state index contributed by atoms with van der Waals surface area (Å²) in [7, 11) is 0. The number of rotatable bonds is 3. The molecule has 0 saturated heterocycles. The minimum atomic E-state index is -0.0312. The van der Waals surface area contributed by atoms with Gasteiger partial charge >= 0.3 is 0 Å². The fourth-order valence-corrected chi connectivity index (χ4v) is 1.03. The van der Waals surface area contributed by atoms with Crippen molar-refractivity contribution in [1.29, 1.82) is 0 Å². The molecule has 52 valence electrons. The lowest BCUT2D eigenvalue weighted by molar-refractivity contribution is 0.569. The molecule has 0 unspecified atom stereocenters. The van der Waals surface area contributed by atoms with Crippen LogP contribution >= 0.6 is 11.8 Å². The Bertz CT molecular complexity index is 116. The Kier molecular flexibility index (Phi) is 3.62. The molecule has 0 heterocycles. The van der Waals surface area contributed by atoms with Gasteiger partial charge in [-0.25, -0.2) is 0 Å². The summed E-state index contributed by atoms with van der Waals surface area (Å²) in [6.07, 6.45) is 3.96. The quantitative estimate of drug-likeness (QED) is 0.446. The zero-order valence-corrected chi connectivity index (χ0v) is 6.87. The van der Waals surface area contributed by atoms with Crippen LogP contribution in [-0.2, 0) is 4.79 Å². The highest BCUT2D eigenvalue weighted by molar-refractivity contribution is 8.13. The maximum absolute atomic E-state index is 10.0. The molecule has 0 fully saturated rings. The third-order valence-corrected chi connectivity index (χ3v) is 1.76. The number of carbonyl (C=O) groups excluding carboxylic acids is 1. The fraction of sp³-hybridized carbons (Fsp3) is 0.571. The Morgan fingerprint density at radius 3 is 2.33 bits per heavy atom. The molecule has 0 aromatic heterocycles. The predicted octanol–water partition coefficient (Wildman–Crippen LogP) is 2.26. The van der Waals surface area contributed by atoms with Gasteiger partial charge in [0.05, 0.1) is 0 Å². The summed E-state index contributed by atoms with van der Waals surface area (Å²) >= 11 is 1.29. The molecule has 0 bridgehead atoms. The molecule has 0 rings (SSSR count). The van der Waals surface area contributed by atoms with Crippen LogP contribution in [0.2, 0.25) is 0 Å². The summed E-state index contributed by atoms with van der Waals surface area (Å²) in [5, 5.41) is 0. The molecule has 0 spiro atoms. The predicted molar refractivity (Wildman–Crippen MR) is 43.2 cm³/mol. The van der Waals surface area contributed by atoms with Crippen LogP contribution < -0.4 is 0 Å². The number of thioether (sulfide) groups is 1. The van der Waals surface area contributed by atoms with Crippen LogP contribution in [-0.4, -0.2) is 10.4 Å². The first-order valence-electron chi connectivity index (χ1n) is 2.87. The molecule has 0 saturated carbocycles. The summed E-state index contributed by atoms with van der Waals surface area (Å²) < 4.78 is -0.0312. The maximum Gasteiger partial charge on any atom is 0.177 e. The number of hydrogen-bond donors (Lipinski definition) is 0. The molecule has 2 heteroatoms. The van der Waals surface area contributed by atoms with Crippen molar-refractivity contribution < 1.29 is 4.79 Å². The van der Waals surface area contributed by atoms with E-state index in [1.54, 1.807) is 0 Å². The normalized spacial score (nSPS) is 12.3. The van der Waals surface area contributed by atoms with Gasteiger partial charge in [0.1, 0.15) is 0 Å². The molecule has 9 heavy (non-hydrogen) atoms. The van der Waals surface area contributed by atoms with E-state index in [1.807, 2.05) is 32.9 Å².